The molecule has 0 unspecified atom stereocenters. The third kappa shape index (κ3) is 8.18. The van der Waals surface area contributed by atoms with E-state index in [-0.39, 0.29) is 9.76 Å². The topological polar surface area (TPSA) is 9.23 Å². The Bertz CT molecular complexity index is 64.3. The van der Waals surface area contributed by atoms with Gasteiger partial charge in [-0.1, -0.05) is 26.7 Å². The molecule has 0 spiro atoms. The standard InChI is InChI=1S/C8H20OSi/c1-4-9-10-7-5-6-8(2)3/h8H,4-7,10H2,1-3H3. The van der Waals surface area contributed by atoms with Crippen molar-refractivity contribution in [3.63, 3.8) is 0 Å². The average molecular weight is 160 g/mol. The van der Waals surface area contributed by atoms with E-state index in [0.29, 0.717) is 0 Å². The Morgan fingerprint density at radius 3 is 2.60 bits per heavy atom. The van der Waals surface area contributed by atoms with Gasteiger partial charge in [0.2, 0.25) is 0 Å². The fraction of sp³-hybridized carbons (Fsp3) is 1.00. The molecule has 0 aliphatic rings. The Kier molecular flexibility index (Phi) is 7.41. The van der Waals surface area contributed by atoms with Gasteiger partial charge in [0.15, 0.2) is 9.76 Å². The van der Waals surface area contributed by atoms with E-state index < -0.39 is 0 Å². The molecule has 0 aromatic heterocycles. The van der Waals surface area contributed by atoms with Gasteiger partial charge in [-0.25, -0.2) is 0 Å². The Balaban J connectivity index is 2.77. The highest BCUT2D eigenvalue weighted by Crippen LogP contribution is 2.05. The minimum atomic E-state index is -0.132. The zero-order valence-corrected chi connectivity index (χ0v) is 8.94. The molecule has 0 saturated carbocycles. The number of hydrogen-bond donors (Lipinski definition) is 0. The van der Waals surface area contributed by atoms with Crippen LogP contribution in [0.3, 0.4) is 0 Å². The highest BCUT2D eigenvalue weighted by molar-refractivity contribution is 6.26. The van der Waals surface area contributed by atoms with Crippen LogP contribution >= 0.6 is 0 Å². The first-order valence-electron chi connectivity index (χ1n) is 4.35. The van der Waals surface area contributed by atoms with E-state index in [1.54, 1.807) is 0 Å². The van der Waals surface area contributed by atoms with Crippen molar-refractivity contribution in [3.05, 3.63) is 0 Å². The first-order chi connectivity index (χ1) is 4.77. The summed E-state index contributed by atoms with van der Waals surface area (Å²) in [6, 6.07) is 1.37. The lowest BCUT2D eigenvalue weighted by atomic mass is 10.1. The minimum Gasteiger partial charge on any atom is -0.424 e. The molecule has 2 heteroatoms. The lowest BCUT2D eigenvalue weighted by molar-refractivity contribution is 0.358. The summed E-state index contributed by atoms with van der Waals surface area (Å²) in [4.78, 5) is 0. The van der Waals surface area contributed by atoms with E-state index in [9.17, 15) is 0 Å². The highest BCUT2D eigenvalue weighted by atomic mass is 28.2. The Morgan fingerprint density at radius 1 is 1.40 bits per heavy atom. The molecule has 0 radical (unpaired) electrons. The molecule has 0 bridgehead atoms. The highest BCUT2D eigenvalue weighted by Gasteiger charge is 1.93. The lowest BCUT2D eigenvalue weighted by Gasteiger charge is -2.02. The monoisotopic (exact) mass is 160 g/mol. The molecule has 10 heavy (non-hydrogen) atoms. The summed E-state index contributed by atoms with van der Waals surface area (Å²) in [5.74, 6) is 0.871. The molecule has 0 aliphatic heterocycles. The Hall–Kier alpha value is 0.177. The fourth-order valence-electron chi connectivity index (χ4n) is 0.901. The molecule has 0 aliphatic carbocycles. The second-order valence-corrected chi connectivity index (χ2v) is 4.61. The summed E-state index contributed by atoms with van der Waals surface area (Å²) in [5, 5.41) is 0. The Labute approximate surface area is 67.1 Å². The van der Waals surface area contributed by atoms with Gasteiger partial charge in [-0.2, -0.15) is 0 Å². The van der Waals surface area contributed by atoms with Crippen LogP contribution in [-0.4, -0.2) is 16.4 Å². The zero-order valence-electron chi connectivity index (χ0n) is 7.52. The molecule has 0 N–H and O–H groups in total. The smallest absolute Gasteiger partial charge is 0.161 e. The van der Waals surface area contributed by atoms with Crippen LogP contribution in [0.4, 0.5) is 0 Å². The second kappa shape index (κ2) is 7.29. The van der Waals surface area contributed by atoms with Crippen molar-refractivity contribution in [2.45, 2.75) is 39.7 Å². The molecule has 0 aromatic carbocycles. The number of hydrogen-bond acceptors (Lipinski definition) is 1. The third-order valence-electron chi connectivity index (χ3n) is 1.52. The molecule has 0 saturated heterocycles. The average Bonchev–Trinajstić information content (AvgIpc) is 1.87. The van der Waals surface area contributed by atoms with Gasteiger partial charge in [0, 0.05) is 6.61 Å². The predicted molar refractivity (Wildman–Crippen MR) is 49.0 cm³/mol. The minimum absolute atomic E-state index is 0.132. The zero-order chi connectivity index (χ0) is 7.82. The van der Waals surface area contributed by atoms with Gasteiger partial charge in [-0.15, -0.1) is 0 Å². The molecular weight excluding hydrogens is 140 g/mol. The predicted octanol–water partition coefficient (Wildman–Crippen LogP) is 1.96. The molecule has 0 heterocycles. The largest absolute Gasteiger partial charge is 0.424 e. The van der Waals surface area contributed by atoms with Gasteiger partial charge in [0.05, 0.1) is 0 Å². The van der Waals surface area contributed by atoms with Crippen molar-refractivity contribution in [1.82, 2.24) is 0 Å². The van der Waals surface area contributed by atoms with E-state index in [1.165, 1.54) is 18.9 Å². The summed E-state index contributed by atoms with van der Waals surface area (Å²) in [6.07, 6.45) is 2.75. The molecular formula is C8H20OSi. The molecule has 62 valence electrons. The van der Waals surface area contributed by atoms with E-state index in [2.05, 4.69) is 20.8 Å². The van der Waals surface area contributed by atoms with Crippen molar-refractivity contribution in [2.24, 2.45) is 5.92 Å². The normalized spacial score (nSPS) is 12.0. The lowest BCUT2D eigenvalue weighted by Crippen LogP contribution is -1.98. The molecule has 0 fully saturated rings. The van der Waals surface area contributed by atoms with Gasteiger partial charge in [-0.3, -0.25) is 0 Å². The van der Waals surface area contributed by atoms with Crippen LogP contribution in [0.25, 0.3) is 0 Å². The quantitative estimate of drug-likeness (QED) is 0.426. The summed E-state index contributed by atoms with van der Waals surface area (Å²) >= 11 is 0. The van der Waals surface area contributed by atoms with Gasteiger partial charge in [0.1, 0.15) is 0 Å². The van der Waals surface area contributed by atoms with Crippen LogP contribution in [0, 0.1) is 5.92 Å². The SMILES string of the molecule is CCO[SiH2]CCCC(C)C. The van der Waals surface area contributed by atoms with Crippen LogP contribution in [0.5, 0.6) is 0 Å². The van der Waals surface area contributed by atoms with Gasteiger partial charge in [-0.05, 0) is 18.9 Å². The fourth-order valence-corrected chi connectivity index (χ4v) is 1.89. The first kappa shape index (κ1) is 10.2. The van der Waals surface area contributed by atoms with Gasteiger partial charge < -0.3 is 4.43 Å². The van der Waals surface area contributed by atoms with Crippen LogP contribution < -0.4 is 0 Å². The van der Waals surface area contributed by atoms with Crippen molar-refractivity contribution in [2.75, 3.05) is 6.61 Å². The van der Waals surface area contributed by atoms with Crippen molar-refractivity contribution >= 4 is 9.76 Å². The van der Waals surface area contributed by atoms with Crippen molar-refractivity contribution < 1.29 is 4.43 Å². The molecule has 0 amide bonds. The van der Waals surface area contributed by atoms with Crippen molar-refractivity contribution in [1.29, 1.82) is 0 Å². The van der Waals surface area contributed by atoms with Gasteiger partial charge in [0.25, 0.3) is 0 Å². The summed E-state index contributed by atoms with van der Waals surface area (Å²) in [7, 11) is -0.132. The van der Waals surface area contributed by atoms with E-state index in [4.69, 9.17) is 4.43 Å². The number of rotatable bonds is 6. The maximum Gasteiger partial charge on any atom is 0.161 e. The molecule has 0 rings (SSSR count). The van der Waals surface area contributed by atoms with Crippen LogP contribution in [0.15, 0.2) is 0 Å². The summed E-state index contributed by atoms with van der Waals surface area (Å²) in [5.41, 5.74) is 0. The van der Waals surface area contributed by atoms with E-state index in [1.807, 2.05) is 0 Å². The second-order valence-electron chi connectivity index (χ2n) is 3.09. The molecule has 0 aromatic rings. The molecule has 1 nitrogen and oxygen atoms in total. The van der Waals surface area contributed by atoms with Crippen LogP contribution in [0.1, 0.15) is 33.6 Å². The van der Waals surface area contributed by atoms with E-state index in [0.717, 1.165) is 12.5 Å². The Morgan fingerprint density at radius 2 is 2.10 bits per heavy atom. The van der Waals surface area contributed by atoms with E-state index >= 15 is 0 Å². The van der Waals surface area contributed by atoms with Gasteiger partial charge >= 0.3 is 0 Å². The maximum absolute atomic E-state index is 5.35. The van der Waals surface area contributed by atoms with Crippen LogP contribution in [0.2, 0.25) is 6.04 Å². The summed E-state index contributed by atoms with van der Waals surface area (Å²) < 4.78 is 5.35. The maximum atomic E-state index is 5.35. The van der Waals surface area contributed by atoms with Crippen LogP contribution in [-0.2, 0) is 4.43 Å². The molecule has 0 atom stereocenters. The van der Waals surface area contributed by atoms with Crippen molar-refractivity contribution in [3.8, 4) is 0 Å². The first-order valence-corrected chi connectivity index (χ1v) is 5.92. The third-order valence-corrected chi connectivity index (χ3v) is 3.01. The summed E-state index contributed by atoms with van der Waals surface area (Å²) in [6.45, 7) is 7.56.